The third kappa shape index (κ3) is 2.41. The first-order valence-electron chi connectivity index (χ1n) is 4.73. The number of aliphatic hydroxyl groups excluding tert-OH is 1. The largest absolute Gasteiger partial charge is 0.388 e. The van der Waals surface area contributed by atoms with Crippen molar-refractivity contribution in [3.05, 3.63) is 27.7 Å². The van der Waals surface area contributed by atoms with E-state index in [1.54, 1.807) is 11.3 Å². The second-order valence-electron chi connectivity index (χ2n) is 3.56. The number of nitrogens with one attached hydrogen (secondary N) is 1. The Morgan fingerprint density at radius 2 is 2.57 bits per heavy atom. The van der Waals surface area contributed by atoms with Crippen molar-refractivity contribution >= 4 is 11.3 Å². The maximum absolute atomic E-state index is 9.41. The van der Waals surface area contributed by atoms with Gasteiger partial charge in [-0.25, -0.2) is 4.98 Å². The monoisotopic (exact) mass is 210 g/mol. The zero-order valence-electron chi connectivity index (χ0n) is 8.16. The highest BCUT2D eigenvalue weighted by atomic mass is 32.1. The van der Waals surface area contributed by atoms with Crippen LogP contribution in [0.3, 0.4) is 0 Å². The molecule has 0 aromatic carbocycles. The van der Waals surface area contributed by atoms with Crippen LogP contribution in [-0.4, -0.2) is 29.3 Å². The Balaban J connectivity index is 2.03. The van der Waals surface area contributed by atoms with Crippen molar-refractivity contribution in [2.75, 3.05) is 13.1 Å². The lowest BCUT2D eigenvalue weighted by Gasteiger charge is -2.17. The molecule has 4 heteroatoms. The first kappa shape index (κ1) is 9.83. The molecule has 2 heterocycles. The van der Waals surface area contributed by atoms with E-state index in [-0.39, 0.29) is 6.10 Å². The Kier molecular flexibility index (Phi) is 2.96. The van der Waals surface area contributed by atoms with Crippen molar-refractivity contribution in [1.29, 1.82) is 0 Å². The zero-order chi connectivity index (χ0) is 9.97. The van der Waals surface area contributed by atoms with E-state index in [1.807, 2.05) is 12.3 Å². The number of β-amino-alcohol motifs (C(OH)–C–C–N with tert-alkyl or cyclic N) is 1. The first-order valence-corrected chi connectivity index (χ1v) is 5.55. The SMILES string of the molecule is Cc1cnc(CC2=CC(O)CNC2)s1. The summed E-state index contributed by atoms with van der Waals surface area (Å²) in [6.07, 6.45) is 4.36. The van der Waals surface area contributed by atoms with Crippen LogP contribution < -0.4 is 5.32 Å². The molecule has 0 saturated heterocycles. The molecule has 0 aliphatic carbocycles. The van der Waals surface area contributed by atoms with Gasteiger partial charge in [0.1, 0.15) is 0 Å². The lowest BCUT2D eigenvalue weighted by atomic mass is 10.1. The number of aryl methyl sites for hydroxylation is 1. The van der Waals surface area contributed by atoms with Crippen LogP contribution in [0.25, 0.3) is 0 Å². The van der Waals surface area contributed by atoms with E-state index in [4.69, 9.17) is 0 Å². The van der Waals surface area contributed by atoms with Crippen molar-refractivity contribution in [2.24, 2.45) is 0 Å². The number of nitrogens with zero attached hydrogens (tertiary/aromatic N) is 1. The van der Waals surface area contributed by atoms with Gasteiger partial charge in [-0.3, -0.25) is 0 Å². The van der Waals surface area contributed by atoms with Gasteiger partial charge in [0.25, 0.3) is 0 Å². The van der Waals surface area contributed by atoms with Gasteiger partial charge in [0.2, 0.25) is 0 Å². The maximum Gasteiger partial charge on any atom is 0.0968 e. The lowest BCUT2D eigenvalue weighted by Crippen LogP contribution is -2.32. The van der Waals surface area contributed by atoms with Gasteiger partial charge in [-0.2, -0.15) is 0 Å². The van der Waals surface area contributed by atoms with Crippen LogP contribution in [0.1, 0.15) is 9.88 Å². The molecular weight excluding hydrogens is 196 g/mol. The smallest absolute Gasteiger partial charge is 0.0968 e. The van der Waals surface area contributed by atoms with Gasteiger partial charge in [-0.15, -0.1) is 11.3 Å². The van der Waals surface area contributed by atoms with E-state index in [0.717, 1.165) is 18.0 Å². The fraction of sp³-hybridized carbons (Fsp3) is 0.500. The third-order valence-electron chi connectivity index (χ3n) is 2.18. The van der Waals surface area contributed by atoms with Gasteiger partial charge < -0.3 is 10.4 Å². The fourth-order valence-corrected chi connectivity index (χ4v) is 2.41. The molecule has 1 aliphatic rings. The van der Waals surface area contributed by atoms with Gasteiger partial charge in [-0.1, -0.05) is 11.6 Å². The van der Waals surface area contributed by atoms with Gasteiger partial charge in [-0.05, 0) is 6.92 Å². The van der Waals surface area contributed by atoms with Crippen LogP contribution in [0.5, 0.6) is 0 Å². The van der Waals surface area contributed by atoms with E-state index in [1.165, 1.54) is 10.5 Å². The van der Waals surface area contributed by atoms with Crippen molar-refractivity contribution in [2.45, 2.75) is 19.4 Å². The van der Waals surface area contributed by atoms with Crippen LogP contribution in [0.2, 0.25) is 0 Å². The molecule has 0 spiro atoms. The van der Waals surface area contributed by atoms with Crippen LogP contribution in [0.15, 0.2) is 17.8 Å². The highest BCUT2D eigenvalue weighted by Gasteiger charge is 2.11. The minimum absolute atomic E-state index is 0.334. The summed E-state index contributed by atoms with van der Waals surface area (Å²) in [7, 11) is 0. The van der Waals surface area contributed by atoms with Gasteiger partial charge in [0.15, 0.2) is 0 Å². The van der Waals surface area contributed by atoms with Crippen molar-refractivity contribution in [3.63, 3.8) is 0 Å². The topological polar surface area (TPSA) is 45.2 Å². The molecule has 3 nitrogen and oxygen atoms in total. The second-order valence-corrected chi connectivity index (χ2v) is 4.88. The molecule has 1 aliphatic heterocycles. The van der Waals surface area contributed by atoms with E-state index >= 15 is 0 Å². The molecule has 1 aromatic rings. The molecule has 76 valence electrons. The van der Waals surface area contributed by atoms with E-state index in [9.17, 15) is 5.11 Å². The Bertz CT molecular complexity index is 346. The molecule has 14 heavy (non-hydrogen) atoms. The molecule has 0 bridgehead atoms. The van der Waals surface area contributed by atoms with Crippen LogP contribution in [0.4, 0.5) is 0 Å². The number of aromatic nitrogens is 1. The molecular formula is C10H14N2OS. The fourth-order valence-electron chi connectivity index (χ4n) is 1.57. The molecule has 2 N–H and O–H groups in total. The molecule has 1 atom stereocenters. The Morgan fingerprint density at radius 3 is 3.21 bits per heavy atom. The minimum atomic E-state index is -0.334. The average molecular weight is 210 g/mol. The van der Waals surface area contributed by atoms with E-state index in [2.05, 4.69) is 17.2 Å². The molecule has 1 unspecified atom stereocenters. The average Bonchev–Trinajstić information content (AvgIpc) is 2.51. The Hall–Kier alpha value is -0.710. The van der Waals surface area contributed by atoms with Crippen LogP contribution in [-0.2, 0) is 6.42 Å². The standard InChI is InChI=1S/C10H14N2OS/c1-7-4-12-10(14-7)3-8-2-9(13)6-11-5-8/h2,4,9,11,13H,3,5-6H2,1H3. The molecule has 0 saturated carbocycles. The number of hydrogen-bond donors (Lipinski definition) is 2. The van der Waals surface area contributed by atoms with E-state index in [0.29, 0.717) is 6.54 Å². The zero-order valence-corrected chi connectivity index (χ0v) is 8.97. The summed E-state index contributed by atoms with van der Waals surface area (Å²) in [5, 5.41) is 13.7. The van der Waals surface area contributed by atoms with Crippen molar-refractivity contribution in [3.8, 4) is 0 Å². The summed E-state index contributed by atoms with van der Waals surface area (Å²) in [5.41, 5.74) is 1.23. The highest BCUT2D eigenvalue weighted by molar-refractivity contribution is 7.11. The molecule has 0 radical (unpaired) electrons. The van der Waals surface area contributed by atoms with Gasteiger partial charge in [0, 0.05) is 30.6 Å². The quantitative estimate of drug-likeness (QED) is 0.712. The number of hydrogen-bond acceptors (Lipinski definition) is 4. The van der Waals surface area contributed by atoms with E-state index < -0.39 is 0 Å². The lowest BCUT2D eigenvalue weighted by molar-refractivity contribution is 0.213. The molecule has 2 rings (SSSR count). The predicted molar refractivity (Wildman–Crippen MR) is 57.5 cm³/mol. The number of rotatable bonds is 2. The number of thiazole rings is 1. The predicted octanol–water partition coefficient (Wildman–Crippen LogP) is 0.885. The van der Waals surface area contributed by atoms with Crippen molar-refractivity contribution < 1.29 is 5.11 Å². The molecule has 0 amide bonds. The molecule has 1 aromatic heterocycles. The van der Waals surface area contributed by atoms with Crippen LogP contribution >= 0.6 is 11.3 Å². The summed E-state index contributed by atoms with van der Waals surface area (Å²) in [5.74, 6) is 0. The summed E-state index contributed by atoms with van der Waals surface area (Å²) < 4.78 is 0. The van der Waals surface area contributed by atoms with Crippen LogP contribution in [0, 0.1) is 6.92 Å². The van der Waals surface area contributed by atoms with Gasteiger partial charge >= 0.3 is 0 Å². The summed E-state index contributed by atoms with van der Waals surface area (Å²) >= 11 is 1.72. The summed E-state index contributed by atoms with van der Waals surface area (Å²) in [6.45, 7) is 3.60. The number of aliphatic hydroxyl groups is 1. The minimum Gasteiger partial charge on any atom is -0.388 e. The van der Waals surface area contributed by atoms with Gasteiger partial charge in [0.05, 0.1) is 11.1 Å². The summed E-state index contributed by atoms with van der Waals surface area (Å²) in [4.78, 5) is 5.54. The third-order valence-corrected chi connectivity index (χ3v) is 3.09. The van der Waals surface area contributed by atoms with Crippen molar-refractivity contribution in [1.82, 2.24) is 10.3 Å². The maximum atomic E-state index is 9.41. The second kappa shape index (κ2) is 4.21. The highest BCUT2D eigenvalue weighted by Crippen LogP contribution is 2.16. The Morgan fingerprint density at radius 1 is 1.71 bits per heavy atom. The molecule has 0 fully saturated rings. The Labute approximate surface area is 87.5 Å². The first-order chi connectivity index (χ1) is 6.74. The normalized spacial score (nSPS) is 22.1. The summed E-state index contributed by atoms with van der Waals surface area (Å²) in [6, 6.07) is 0.